The van der Waals surface area contributed by atoms with Crippen LogP contribution in [0.15, 0.2) is 77.0 Å². The number of piperidine rings is 1. The number of benzene rings is 3. The summed E-state index contributed by atoms with van der Waals surface area (Å²) in [7, 11) is -2.21. The number of sulfonamides is 1. The van der Waals surface area contributed by atoms with Crippen LogP contribution >= 0.6 is 11.3 Å². The highest BCUT2D eigenvalue weighted by atomic mass is 32.2. The van der Waals surface area contributed by atoms with E-state index in [1.165, 1.54) is 4.31 Å². The van der Waals surface area contributed by atoms with Crippen LogP contribution in [0.5, 0.6) is 0 Å². The fraction of sp³-hybridized carbons (Fsp3) is 0.312. The van der Waals surface area contributed by atoms with Gasteiger partial charge in [-0.15, -0.1) is 11.3 Å². The predicted octanol–water partition coefficient (Wildman–Crippen LogP) is 5.92. The number of anilines is 1. The van der Waals surface area contributed by atoms with Crippen LogP contribution in [-0.4, -0.2) is 57.3 Å². The molecule has 1 unspecified atom stereocenters. The predicted molar refractivity (Wildman–Crippen MR) is 162 cm³/mol. The van der Waals surface area contributed by atoms with Crippen LogP contribution in [0.4, 0.5) is 5.69 Å². The summed E-state index contributed by atoms with van der Waals surface area (Å²) in [5, 5.41) is 3.72. The molecule has 2 aliphatic heterocycles. The van der Waals surface area contributed by atoms with Crippen LogP contribution in [-0.2, 0) is 26.0 Å². The summed E-state index contributed by atoms with van der Waals surface area (Å²) in [4.78, 5) is 30.0. The average Bonchev–Trinajstić information content (AvgIpc) is 3.63. The van der Waals surface area contributed by atoms with E-state index < -0.39 is 16.1 Å². The zero-order valence-electron chi connectivity index (χ0n) is 22.9. The number of amides is 1. The minimum Gasteiger partial charge on any atom is -0.385 e. The molecule has 3 aromatic carbocycles. The zero-order chi connectivity index (χ0) is 28.6. The van der Waals surface area contributed by atoms with E-state index in [-0.39, 0.29) is 23.0 Å². The molecule has 0 spiro atoms. The van der Waals surface area contributed by atoms with Gasteiger partial charge in [-0.05, 0) is 71.5 Å². The molecule has 212 valence electrons. The fourth-order valence-electron chi connectivity index (χ4n) is 6.04. The van der Waals surface area contributed by atoms with Crippen molar-refractivity contribution in [3.8, 4) is 10.4 Å². The number of ketones is 1. The summed E-state index contributed by atoms with van der Waals surface area (Å²) in [5.74, 6) is -0.162. The second kappa shape index (κ2) is 11.5. The summed E-state index contributed by atoms with van der Waals surface area (Å²) < 4.78 is 34.1. The number of nitrogens with zero attached hydrogens (tertiary/aromatic N) is 2. The second-order valence-corrected chi connectivity index (χ2v) is 13.4. The third-order valence-corrected chi connectivity index (χ3v) is 10.9. The highest BCUT2D eigenvalue weighted by Crippen LogP contribution is 2.39. The maximum atomic E-state index is 13.8. The van der Waals surface area contributed by atoms with E-state index >= 15 is 0 Å². The van der Waals surface area contributed by atoms with Crippen molar-refractivity contribution in [2.24, 2.45) is 0 Å². The van der Waals surface area contributed by atoms with Crippen molar-refractivity contribution in [1.29, 1.82) is 0 Å². The third kappa shape index (κ3) is 5.12. The molecule has 41 heavy (non-hydrogen) atoms. The number of hydrogen-bond acceptors (Lipinski definition) is 6. The first kappa shape index (κ1) is 27.8. The lowest BCUT2D eigenvalue weighted by molar-refractivity contribution is -0.122. The largest absolute Gasteiger partial charge is 0.385 e. The summed E-state index contributed by atoms with van der Waals surface area (Å²) in [5.41, 5.74) is 3.26. The molecule has 1 fully saturated rings. The maximum absolute atomic E-state index is 13.8. The molecule has 0 aliphatic carbocycles. The van der Waals surface area contributed by atoms with Crippen molar-refractivity contribution in [2.75, 3.05) is 31.7 Å². The van der Waals surface area contributed by atoms with Gasteiger partial charge >= 0.3 is 0 Å². The van der Waals surface area contributed by atoms with Gasteiger partial charge in [0.05, 0.1) is 16.6 Å². The Labute approximate surface area is 244 Å². The quantitative estimate of drug-likeness (QED) is 0.215. The van der Waals surface area contributed by atoms with Gasteiger partial charge in [0.15, 0.2) is 5.78 Å². The first-order chi connectivity index (χ1) is 19.9. The fourth-order valence-corrected chi connectivity index (χ4v) is 8.45. The Bertz CT molecular complexity index is 1700. The van der Waals surface area contributed by atoms with Crippen LogP contribution in [0.2, 0.25) is 0 Å². The van der Waals surface area contributed by atoms with E-state index in [1.807, 2.05) is 60.0 Å². The van der Waals surface area contributed by atoms with E-state index in [9.17, 15) is 18.0 Å². The highest BCUT2D eigenvalue weighted by molar-refractivity contribution is 7.89. The SMILES string of the molecule is COCCCN1C(=O)c2cccc3c(CC(=O)C4CCCCN4S(=O)(=O)c4ccc(-c5cccs5)cc4)ccc1c23. The minimum atomic E-state index is -3.85. The number of rotatable bonds is 10. The standard InChI is InChI=1S/C32H32N2O5S2/c1-39-19-6-17-33-28-16-13-23(25-7-4-8-26(31(25)28)32(33)36)21-29(35)27-9-2-3-18-34(27)41(37,38)24-14-11-22(12-15-24)30-10-5-20-40-30/h4-5,7-8,10-16,20,27H,2-3,6,9,17-19,21H2,1H3. The highest BCUT2D eigenvalue weighted by Gasteiger charge is 2.38. The number of ether oxygens (including phenoxy) is 1. The number of methoxy groups -OCH3 is 1. The number of hydrogen-bond donors (Lipinski definition) is 0. The molecule has 1 atom stereocenters. The molecule has 0 saturated carbocycles. The summed E-state index contributed by atoms with van der Waals surface area (Å²) >= 11 is 1.60. The Morgan fingerprint density at radius 2 is 1.85 bits per heavy atom. The Morgan fingerprint density at radius 1 is 1.02 bits per heavy atom. The lowest BCUT2D eigenvalue weighted by Crippen LogP contribution is -2.48. The Kier molecular flexibility index (Phi) is 7.78. The van der Waals surface area contributed by atoms with Crippen molar-refractivity contribution in [3.05, 3.63) is 83.2 Å². The molecule has 2 aliphatic rings. The van der Waals surface area contributed by atoms with Crippen LogP contribution in [0.25, 0.3) is 21.2 Å². The van der Waals surface area contributed by atoms with Gasteiger partial charge in [0.2, 0.25) is 10.0 Å². The first-order valence-electron chi connectivity index (χ1n) is 13.9. The molecule has 7 nitrogen and oxygen atoms in total. The molecule has 3 heterocycles. The molecule has 1 amide bonds. The van der Waals surface area contributed by atoms with Gasteiger partial charge in [-0.25, -0.2) is 8.42 Å². The molecule has 1 saturated heterocycles. The smallest absolute Gasteiger partial charge is 0.258 e. The van der Waals surface area contributed by atoms with E-state index in [0.717, 1.165) is 51.7 Å². The molecule has 0 bridgehead atoms. The first-order valence-corrected chi connectivity index (χ1v) is 16.3. The Hall–Kier alpha value is -3.37. The van der Waals surface area contributed by atoms with E-state index in [4.69, 9.17) is 4.74 Å². The molecular weight excluding hydrogens is 556 g/mol. The number of carbonyl (C=O) groups excluding carboxylic acids is 2. The van der Waals surface area contributed by atoms with Gasteiger partial charge in [0.1, 0.15) is 0 Å². The molecule has 0 N–H and O–H groups in total. The van der Waals surface area contributed by atoms with Gasteiger partial charge in [-0.1, -0.05) is 42.8 Å². The van der Waals surface area contributed by atoms with Crippen molar-refractivity contribution in [1.82, 2.24) is 4.31 Å². The zero-order valence-corrected chi connectivity index (χ0v) is 24.5. The van der Waals surface area contributed by atoms with Gasteiger partial charge in [0.25, 0.3) is 5.91 Å². The molecule has 1 aromatic heterocycles. The molecule has 4 aromatic rings. The van der Waals surface area contributed by atoms with Crippen molar-refractivity contribution >= 4 is 49.5 Å². The van der Waals surface area contributed by atoms with Crippen LogP contribution in [0, 0.1) is 0 Å². The van der Waals surface area contributed by atoms with Crippen molar-refractivity contribution < 1.29 is 22.7 Å². The van der Waals surface area contributed by atoms with Gasteiger partial charge in [-0.2, -0.15) is 4.31 Å². The lowest BCUT2D eigenvalue weighted by atomic mass is 9.93. The number of carbonyl (C=O) groups is 2. The van der Waals surface area contributed by atoms with Crippen LogP contribution in [0.3, 0.4) is 0 Å². The minimum absolute atomic E-state index is 0.0418. The lowest BCUT2D eigenvalue weighted by Gasteiger charge is -2.34. The topological polar surface area (TPSA) is 84.0 Å². The summed E-state index contributed by atoms with van der Waals surface area (Å²) in [6.07, 6.45) is 2.85. The molecule has 9 heteroatoms. The van der Waals surface area contributed by atoms with E-state index in [2.05, 4.69) is 0 Å². The van der Waals surface area contributed by atoms with Crippen LogP contribution in [0.1, 0.15) is 41.6 Å². The maximum Gasteiger partial charge on any atom is 0.258 e. The second-order valence-electron chi connectivity index (χ2n) is 10.5. The Morgan fingerprint density at radius 3 is 2.61 bits per heavy atom. The van der Waals surface area contributed by atoms with Gasteiger partial charge in [0, 0.05) is 49.1 Å². The third-order valence-electron chi connectivity index (χ3n) is 8.06. The van der Waals surface area contributed by atoms with Gasteiger partial charge in [-0.3, -0.25) is 9.59 Å². The normalized spacial score (nSPS) is 17.4. The molecule has 0 radical (unpaired) electrons. The van der Waals surface area contributed by atoms with Crippen molar-refractivity contribution in [3.63, 3.8) is 0 Å². The summed E-state index contributed by atoms with van der Waals surface area (Å²) in [6, 6.07) is 19.6. The summed E-state index contributed by atoms with van der Waals surface area (Å²) in [6.45, 7) is 1.44. The molecular formula is C32H32N2O5S2. The van der Waals surface area contributed by atoms with E-state index in [0.29, 0.717) is 31.7 Å². The Balaban J connectivity index is 1.26. The van der Waals surface area contributed by atoms with Crippen molar-refractivity contribution in [2.45, 2.75) is 43.0 Å². The number of Topliss-reactive ketones (excluding diaryl/α,β-unsaturated/α-hetero) is 1. The van der Waals surface area contributed by atoms with Crippen LogP contribution < -0.4 is 4.90 Å². The van der Waals surface area contributed by atoms with Gasteiger partial charge < -0.3 is 9.64 Å². The van der Waals surface area contributed by atoms with E-state index in [1.54, 1.807) is 35.5 Å². The molecule has 6 rings (SSSR count). The average molecular weight is 589 g/mol. The monoisotopic (exact) mass is 588 g/mol. The number of thiophene rings is 1.